The molecule has 124 valence electrons. The van der Waals surface area contributed by atoms with Gasteiger partial charge in [-0.05, 0) is 39.1 Å². The Morgan fingerprint density at radius 2 is 2.00 bits per heavy atom. The molecule has 1 heterocycles. The lowest BCUT2D eigenvalue weighted by atomic mass is 9.99. The first kappa shape index (κ1) is 17.2. The van der Waals surface area contributed by atoms with E-state index in [9.17, 15) is 4.79 Å². The van der Waals surface area contributed by atoms with Crippen molar-refractivity contribution >= 4 is 5.91 Å². The summed E-state index contributed by atoms with van der Waals surface area (Å²) in [6, 6.07) is 7.79. The molecule has 5 heteroatoms. The van der Waals surface area contributed by atoms with Crippen molar-refractivity contribution in [1.82, 2.24) is 19.4 Å². The van der Waals surface area contributed by atoms with Gasteiger partial charge in [0, 0.05) is 26.0 Å². The van der Waals surface area contributed by atoms with E-state index in [2.05, 4.69) is 4.98 Å². The number of nitrogens with zero attached hydrogens (tertiary/aromatic N) is 4. The molecule has 0 saturated heterocycles. The van der Waals surface area contributed by atoms with Crippen LogP contribution in [0.5, 0.6) is 0 Å². The molecule has 0 bridgehead atoms. The fraction of sp³-hybridized carbons (Fsp3) is 0.444. The molecule has 1 atom stereocenters. The van der Waals surface area contributed by atoms with E-state index < -0.39 is 0 Å². The number of hydrogen-bond donors (Lipinski definition) is 0. The van der Waals surface area contributed by atoms with Gasteiger partial charge in [0.25, 0.3) is 0 Å². The molecule has 0 radical (unpaired) electrons. The Balaban J connectivity index is 2.29. The SMILES string of the molecule is CCN(Cc1nccn1C)C(=O)C(c1ccccc1C)N(C)C. The lowest BCUT2D eigenvalue weighted by Crippen LogP contribution is -2.40. The summed E-state index contributed by atoms with van der Waals surface area (Å²) < 4.78 is 1.95. The average molecular weight is 314 g/mol. The number of carbonyl (C=O) groups excluding carboxylic acids is 1. The Morgan fingerprint density at radius 3 is 2.52 bits per heavy atom. The summed E-state index contributed by atoms with van der Waals surface area (Å²) in [5.74, 6) is 0.997. The van der Waals surface area contributed by atoms with Gasteiger partial charge in [0.2, 0.25) is 5.91 Å². The van der Waals surface area contributed by atoms with Gasteiger partial charge in [-0.15, -0.1) is 0 Å². The Kier molecular flexibility index (Phi) is 5.55. The molecule has 0 aliphatic heterocycles. The topological polar surface area (TPSA) is 41.4 Å². The highest BCUT2D eigenvalue weighted by atomic mass is 16.2. The van der Waals surface area contributed by atoms with Crippen molar-refractivity contribution in [3.63, 3.8) is 0 Å². The highest BCUT2D eigenvalue weighted by molar-refractivity contribution is 5.83. The minimum absolute atomic E-state index is 0.106. The summed E-state index contributed by atoms with van der Waals surface area (Å²) in [5.41, 5.74) is 2.19. The first-order valence-corrected chi connectivity index (χ1v) is 7.92. The minimum atomic E-state index is -0.281. The molecule has 2 aromatic rings. The number of aromatic nitrogens is 2. The minimum Gasteiger partial charge on any atom is -0.337 e. The van der Waals surface area contributed by atoms with Crippen molar-refractivity contribution in [3.8, 4) is 0 Å². The normalized spacial score (nSPS) is 12.4. The van der Waals surface area contributed by atoms with E-state index in [0.717, 1.165) is 17.0 Å². The predicted octanol–water partition coefficient (Wildman–Crippen LogP) is 2.38. The number of hydrogen-bond acceptors (Lipinski definition) is 3. The molecule has 0 aliphatic carbocycles. The van der Waals surface area contributed by atoms with E-state index in [1.807, 2.05) is 79.8 Å². The van der Waals surface area contributed by atoms with E-state index >= 15 is 0 Å². The van der Waals surface area contributed by atoms with E-state index in [1.54, 1.807) is 6.20 Å². The fourth-order valence-electron chi connectivity index (χ4n) is 2.76. The van der Waals surface area contributed by atoms with Gasteiger partial charge in [0.1, 0.15) is 11.9 Å². The second kappa shape index (κ2) is 7.42. The van der Waals surface area contributed by atoms with Crippen LogP contribution in [0.25, 0.3) is 0 Å². The molecule has 1 aromatic heterocycles. The molecule has 0 aliphatic rings. The van der Waals surface area contributed by atoms with Crippen LogP contribution >= 0.6 is 0 Å². The monoisotopic (exact) mass is 314 g/mol. The third-order valence-electron chi connectivity index (χ3n) is 4.18. The van der Waals surface area contributed by atoms with E-state index in [4.69, 9.17) is 0 Å². The summed E-state index contributed by atoms with van der Waals surface area (Å²) in [7, 11) is 5.85. The molecule has 0 N–H and O–H groups in total. The van der Waals surface area contributed by atoms with Crippen LogP contribution in [-0.4, -0.2) is 45.9 Å². The van der Waals surface area contributed by atoms with E-state index in [0.29, 0.717) is 13.1 Å². The molecule has 23 heavy (non-hydrogen) atoms. The van der Waals surface area contributed by atoms with Crippen LogP contribution < -0.4 is 0 Å². The number of aryl methyl sites for hydroxylation is 2. The molecule has 1 amide bonds. The molecule has 0 spiro atoms. The number of rotatable bonds is 6. The van der Waals surface area contributed by atoms with Gasteiger partial charge in [0.05, 0.1) is 6.54 Å². The number of imidazole rings is 1. The third kappa shape index (κ3) is 3.79. The number of likely N-dealkylation sites (N-methyl/N-ethyl adjacent to an activating group) is 2. The van der Waals surface area contributed by atoms with E-state index in [1.165, 1.54) is 0 Å². The predicted molar refractivity (Wildman–Crippen MR) is 91.9 cm³/mol. The van der Waals surface area contributed by atoms with Crippen LogP contribution in [0.1, 0.15) is 29.9 Å². The zero-order chi connectivity index (χ0) is 17.0. The Labute approximate surface area is 138 Å². The molecular weight excluding hydrogens is 288 g/mol. The van der Waals surface area contributed by atoms with Gasteiger partial charge in [-0.25, -0.2) is 4.98 Å². The summed E-state index contributed by atoms with van der Waals surface area (Å²) in [4.78, 5) is 21.3. The summed E-state index contributed by atoms with van der Waals surface area (Å²) in [6.07, 6.45) is 3.66. The van der Waals surface area contributed by atoms with Crippen molar-refractivity contribution in [2.45, 2.75) is 26.4 Å². The van der Waals surface area contributed by atoms with Gasteiger partial charge in [0.15, 0.2) is 0 Å². The van der Waals surface area contributed by atoms with E-state index in [-0.39, 0.29) is 11.9 Å². The van der Waals surface area contributed by atoms with Gasteiger partial charge < -0.3 is 9.47 Å². The number of amides is 1. The second-order valence-corrected chi connectivity index (χ2v) is 6.03. The lowest BCUT2D eigenvalue weighted by molar-refractivity contribution is -0.137. The third-order valence-corrected chi connectivity index (χ3v) is 4.18. The van der Waals surface area contributed by atoms with Crippen LogP contribution in [0.15, 0.2) is 36.7 Å². The van der Waals surface area contributed by atoms with Gasteiger partial charge >= 0.3 is 0 Å². The maximum atomic E-state index is 13.2. The quantitative estimate of drug-likeness (QED) is 0.822. The smallest absolute Gasteiger partial charge is 0.244 e. The maximum absolute atomic E-state index is 13.2. The largest absolute Gasteiger partial charge is 0.337 e. The van der Waals surface area contributed by atoms with Gasteiger partial charge in [-0.2, -0.15) is 0 Å². The van der Waals surface area contributed by atoms with Crippen LogP contribution in [0, 0.1) is 6.92 Å². The first-order valence-electron chi connectivity index (χ1n) is 7.92. The highest BCUT2D eigenvalue weighted by Crippen LogP contribution is 2.24. The molecule has 5 nitrogen and oxygen atoms in total. The van der Waals surface area contributed by atoms with Crippen LogP contribution in [0.2, 0.25) is 0 Å². The second-order valence-electron chi connectivity index (χ2n) is 6.03. The summed E-state index contributed by atoms with van der Waals surface area (Å²) >= 11 is 0. The highest BCUT2D eigenvalue weighted by Gasteiger charge is 2.28. The standard InChI is InChI=1S/C18H26N4O/c1-6-22(13-16-19-11-12-21(16)5)18(23)17(20(3)4)15-10-8-7-9-14(15)2/h7-12,17H,6,13H2,1-5H3. The lowest BCUT2D eigenvalue weighted by Gasteiger charge is -2.31. The van der Waals surface area contributed by atoms with Gasteiger partial charge in [-0.1, -0.05) is 24.3 Å². The molecule has 2 rings (SSSR count). The molecule has 0 fully saturated rings. The Hall–Kier alpha value is -2.14. The number of carbonyl (C=O) groups is 1. The van der Waals surface area contributed by atoms with Crippen molar-refractivity contribution in [2.24, 2.45) is 7.05 Å². The molecule has 0 saturated carbocycles. The van der Waals surface area contributed by atoms with Crippen molar-refractivity contribution in [2.75, 3.05) is 20.6 Å². The summed E-state index contributed by atoms with van der Waals surface area (Å²) in [6.45, 7) is 5.23. The average Bonchev–Trinajstić information content (AvgIpc) is 2.91. The Morgan fingerprint density at radius 1 is 1.30 bits per heavy atom. The molecular formula is C18H26N4O. The zero-order valence-corrected chi connectivity index (χ0v) is 14.7. The first-order chi connectivity index (χ1) is 11.0. The van der Waals surface area contributed by atoms with Crippen molar-refractivity contribution < 1.29 is 4.79 Å². The number of benzene rings is 1. The molecule has 1 aromatic carbocycles. The van der Waals surface area contributed by atoms with Crippen molar-refractivity contribution in [1.29, 1.82) is 0 Å². The van der Waals surface area contributed by atoms with Crippen molar-refractivity contribution in [3.05, 3.63) is 53.6 Å². The zero-order valence-electron chi connectivity index (χ0n) is 14.7. The van der Waals surface area contributed by atoms with Gasteiger partial charge in [-0.3, -0.25) is 9.69 Å². The van der Waals surface area contributed by atoms with Crippen LogP contribution in [-0.2, 0) is 18.4 Å². The van der Waals surface area contributed by atoms with Crippen LogP contribution in [0.3, 0.4) is 0 Å². The fourth-order valence-corrected chi connectivity index (χ4v) is 2.76. The summed E-state index contributed by atoms with van der Waals surface area (Å²) in [5, 5.41) is 0. The maximum Gasteiger partial charge on any atom is 0.244 e. The Bertz CT molecular complexity index is 663. The molecule has 1 unspecified atom stereocenters. The van der Waals surface area contributed by atoms with Crippen LogP contribution in [0.4, 0.5) is 0 Å².